The number of amides is 1. The Balaban J connectivity index is 3.02. The van der Waals surface area contributed by atoms with Crippen LogP contribution >= 0.6 is 0 Å². The molecular formula is C13H22N2O3. The Kier molecular flexibility index (Phi) is 4.51. The van der Waals surface area contributed by atoms with E-state index in [1.165, 1.54) is 0 Å². The number of aliphatic carboxylic acids is 1. The molecule has 1 amide bonds. The van der Waals surface area contributed by atoms with E-state index in [1.54, 1.807) is 18.0 Å². The van der Waals surface area contributed by atoms with E-state index in [1.807, 2.05) is 18.7 Å². The number of rotatable bonds is 4. The molecule has 1 rings (SSSR count). The highest BCUT2D eigenvalue weighted by atomic mass is 16.4. The van der Waals surface area contributed by atoms with Crippen molar-refractivity contribution in [2.45, 2.75) is 38.3 Å². The average Bonchev–Trinajstić information content (AvgIpc) is 2.34. The second kappa shape index (κ2) is 5.52. The van der Waals surface area contributed by atoms with Crippen molar-refractivity contribution in [3.05, 3.63) is 12.7 Å². The van der Waals surface area contributed by atoms with Gasteiger partial charge < -0.3 is 10.0 Å². The number of nitrogens with zero attached hydrogens (tertiary/aromatic N) is 2. The molecule has 1 fully saturated rings. The van der Waals surface area contributed by atoms with Crippen LogP contribution in [0.25, 0.3) is 0 Å². The Morgan fingerprint density at radius 3 is 2.72 bits per heavy atom. The minimum absolute atomic E-state index is 0.123. The molecule has 1 atom stereocenters. The lowest BCUT2D eigenvalue weighted by Crippen LogP contribution is -2.51. The number of carboxylic acid groups (broad SMARTS) is 1. The third kappa shape index (κ3) is 3.10. The van der Waals surface area contributed by atoms with Crippen LogP contribution in [0.5, 0.6) is 0 Å². The molecule has 0 spiro atoms. The SMILES string of the molecule is C=CCN1C(=O)C(CC(=O)O)N(C)CCC1(C)C. The smallest absolute Gasteiger partial charge is 0.305 e. The van der Waals surface area contributed by atoms with E-state index in [-0.39, 0.29) is 17.9 Å². The number of hydrogen-bond acceptors (Lipinski definition) is 3. The van der Waals surface area contributed by atoms with Gasteiger partial charge in [-0.15, -0.1) is 6.58 Å². The van der Waals surface area contributed by atoms with Gasteiger partial charge in [-0.3, -0.25) is 14.5 Å². The van der Waals surface area contributed by atoms with E-state index in [4.69, 9.17) is 5.11 Å². The zero-order chi connectivity index (χ0) is 13.9. The first-order valence-corrected chi connectivity index (χ1v) is 6.14. The summed E-state index contributed by atoms with van der Waals surface area (Å²) >= 11 is 0. The Bertz CT molecular complexity index is 352. The molecule has 18 heavy (non-hydrogen) atoms. The third-order valence-corrected chi connectivity index (χ3v) is 3.57. The summed E-state index contributed by atoms with van der Waals surface area (Å²) < 4.78 is 0. The van der Waals surface area contributed by atoms with Gasteiger partial charge in [0.25, 0.3) is 0 Å². The summed E-state index contributed by atoms with van der Waals surface area (Å²) in [6.07, 6.45) is 2.35. The van der Waals surface area contributed by atoms with Crippen LogP contribution in [-0.2, 0) is 9.59 Å². The summed E-state index contributed by atoms with van der Waals surface area (Å²) in [5, 5.41) is 8.92. The molecule has 0 aromatic rings. The second-order valence-electron chi connectivity index (χ2n) is 5.39. The lowest BCUT2D eigenvalue weighted by Gasteiger charge is -2.37. The van der Waals surface area contributed by atoms with Crippen molar-refractivity contribution in [1.82, 2.24) is 9.80 Å². The zero-order valence-corrected chi connectivity index (χ0v) is 11.3. The van der Waals surface area contributed by atoms with Gasteiger partial charge in [0.15, 0.2) is 0 Å². The molecule has 1 unspecified atom stereocenters. The normalized spacial score (nSPS) is 24.7. The molecule has 0 bridgehead atoms. The van der Waals surface area contributed by atoms with Crippen LogP contribution in [0.3, 0.4) is 0 Å². The van der Waals surface area contributed by atoms with Crippen molar-refractivity contribution in [2.24, 2.45) is 0 Å². The summed E-state index contributed by atoms with van der Waals surface area (Å²) in [6, 6.07) is -0.579. The molecule has 5 heteroatoms. The second-order valence-corrected chi connectivity index (χ2v) is 5.39. The van der Waals surface area contributed by atoms with Crippen LogP contribution in [0.2, 0.25) is 0 Å². The van der Waals surface area contributed by atoms with Crippen LogP contribution in [0.4, 0.5) is 0 Å². The molecule has 1 saturated heterocycles. The molecule has 0 aliphatic carbocycles. The Morgan fingerprint density at radius 1 is 1.61 bits per heavy atom. The molecule has 0 aromatic carbocycles. The molecule has 1 heterocycles. The molecule has 1 aliphatic rings. The predicted molar refractivity (Wildman–Crippen MR) is 69.3 cm³/mol. The van der Waals surface area contributed by atoms with Crippen LogP contribution in [0.15, 0.2) is 12.7 Å². The van der Waals surface area contributed by atoms with E-state index >= 15 is 0 Å². The summed E-state index contributed by atoms with van der Waals surface area (Å²) in [4.78, 5) is 26.9. The fourth-order valence-corrected chi connectivity index (χ4v) is 2.28. The van der Waals surface area contributed by atoms with Crippen molar-refractivity contribution < 1.29 is 14.7 Å². The number of carbonyl (C=O) groups is 2. The molecular weight excluding hydrogens is 232 g/mol. The molecule has 0 radical (unpaired) electrons. The first kappa shape index (κ1) is 14.7. The maximum absolute atomic E-state index is 12.5. The summed E-state index contributed by atoms with van der Waals surface area (Å²) in [5.41, 5.74) is -0.271. The molecule has 0 aromatic heterocycles. The van der Waals surface area contributed by atoms with Crippen molar-refractivity contribution >= 4 is 11.9 Å². The standard InChI is InChI=1S/C13H22N2O3/c1-5-7-15-12(18)10(9-11(16)17)14(4)8-6-13(15,2)3/h5,10H,1,6-9H2,2-4H3,(H,16,17). The van der Waals surface area contributed by atoms with Gasteiger partial charge in [0.05, 0.1) is 12.5 Å². The minimum Gasteiger partial charge on any atom is -0.481 e. The largest absolute Gasteiger partial charge is 0.481 e. The number of likely N-dealkylation sites (N-methyl/N-ethyl adjacent to an activating group) is 1. The van der Waals surface area contributed by atoms with Gasteiger partial charge in [-0.25, -0.2) is 0 Å². The van der Waals surface area contributed by atoms with E-state index in [9.17, 15) is 9.59 Å². The number of hydrogen-bond donors (Lipinski definition) is 1. The van der Waals surface area contributed by atoms with Crippen LogP contribution in [0, 0.1) is 0 Å². The minimum atomic E-state index is -0.946. The average molecular weight is 254 g/mol. The van der Waals surface area contributed by atoms with Gasteiger partial charge in [0.2, 0.25) is 5.91 Å². The molecule has 102 valence electrons. The lowest BCUT2D eigenvalue weighted by molar-refractivity contribution is -0.146. The van der Waals surface area contributed by atoms with Gasteiger partial charge in [-0.1, -0.05) is 6.08 Å². The van der Waals surface area contributed by atoms with Crippen molar-refractivity contribution in [2.75, 3.05) is 20.1 Å². The molecule has 1 N–H and O–H groups in total. The van der Waals surface area contributed by atoms with Crippen molar-refractivity contribution in [3.8, 4) is 0 Å². The van der Waals surface area contributed by atoms with Crippen molar-refractivity contribution in [3.63, 3.8) is 0 Å². The summed E-state index contributed by atoms with van der Waals surface area (Å²) in [6.45, 7) is 8.84. The van der Waals surface area contributed by atoms with Gasteiger partial charge >= 0.3 is 5.97 Å². The first-order valence-electron chi connectivity index (χ1n) is 6.14. The fourth-order valence-electron chi connectivity index (χ4n) is 2.28. The first-order chi connectivity index (χ1) is 8.29. The van der Waals surface area contributed by atoms with E-state index in [0.717, 1.165) is 6.42 Å². The number of carboxylic acids is 1. The third-order valence-electron chi connectivity index (χ3n) is 3.57. The van der Waals surface area contributed by atoms with Crippen LogP contribution in [-0.4, -0.2) is 58.5 Å². The topological polar surface area (TPSA) is 60.9 Å². The highest BCUT2D eigenvalue weighted by Crippen LogP contribution is 2.26. The highest BCUT2D eigenvalue weighted by Gasteiger charge is 2.40. The van der Waals surface area contributed by atoms with Crippen LogP contribution < -0.4 is 0 Å². The quantitative estimate of drug-likeness (QED) is 0.759. The highest BCUT2D eigenvalue weighted by molar-refractivity contribution is 5.87. The van der Waals surface area contributed by atoms with E-state index < -0.39 is 12.0 Å². The maximum atomic E-state index is 12.5. The van der Waals surface area contributed by atoms with Crippen molar-refractivity contribution in [1.29, 1.82) is 0 Å². The molecule has 0 saturated carbocycles. The lowest BCUT2D eigenvalue weighted by atomic mass is 9.98. The van der Waals surface area contributed by atoms with Gasteiger partial charge in [-0.2, -0.15) is 0 Å². The molecule has 1 aliphatic heterocycles. The van der Waals surface area contributed by atoms with Crippen LogP contribution in [0.1, 0.15) is 26.7 Å². The Hall–Kier alpha value is -1.36. The molecule has 5 nitrogen and oxygen atoms in total. The zero-order valence-electron chi connectivity index (χ0n) is 11.3. The fraction of sp³-hybridized carbons (Fsp3) is 0.692. The summed E-state index contributed by atoms with van der Waals surface area (Å²) in [5.74, 6) is -1.07. The van der Waals surface area contributed by atoms with E-state index in [0.29, 0.717) is 13.1 Å². The summed E-state index contributed by atoms with van der Waals surface area (Å²) in [7, 11) is 1.80. The predicted octanol–water partition coefficient (Wildman–Crippen LogP) is 0.958. The van der Waals surface area contributed by atoms with Gasteiger partial charge in [-0.05, 0) is 27.3 Å². The van der Waals surface area contributed by atoms with Gasteiger partial charge in [0, 0.05) is 18.6 Å². The van der Waals surface area contributed by atoms with E-state index in [2.05, 4.69) is 6.58 Å². The maximum Gasteiger partial charge on any atom is 0.305 e. The van der Waals surface area contributed by atoms with Gasteiger partial charge in [0.1, 0.15) is 0 Å². The Labute approximate surface area is 108 Å². The Morgan fingerprint density at radius 2 is 2.22 bits per heavy atom. The number of carbonyl (C=O) groups excluding carboxylic acids is 1. The monoisotopic (exact) mass is 254 g/mol.